The molecule has 3 aliphatic rings. The number of rotatable bonds is 5. The number of amides is 1. The van der Waals surface area contributed by atoms with E-state index in [9.17, 15) is 22.4 Å². The van der Waals surface area contributed by atoms with Crippen LogP contribution in [-0.4, -0.2) is 49.0 Å². The molecule has 5 nitrogen and oxygen atoms in total. The van der Waals surface area contributed by atoms with E-state index in [0.717, 1.165) is 23.3 Å². The minimum absolute atomic E-state index is 0.0152. The van der Waals surface area contributed by atoms with Crippen molar-refractivity contribution in [1.82, 2.24) is 4.90 Å². The van der Waals surface area contributed by atoms with Gasteiger partial charge in [0.25, 0.3) is 0 Å². The Morgan fingerprint density at radius 1 is 1.22 bits per heavy atom. The summed E-state index contributed by atoms with van der Waals surface area (Å²) in [5.74, 6) is -1.08. The van der Waals surface area contributed by atoms with E-state index in [1.165, 1.54) is 0 Å². The third-order valence-corrected chi connectivity index (χ3v) is 8.53. The molecule has 192 valence electrons. The number of nitrogens with zero attached hydrogens (tertiary/aromatic N) is 2. The van der Waals surface area contributed by atoms with Crippen molar-refractivity contribution in [2.75, 3.05) is 26.3 Å². The van der Waals surface area contributed by atoms with E-state index in [0.29, 0.717) is 37.2 Å². The Balaban J connectivity index is 1.38. The minimum Gasteiger partial charge on any atom is -0.372 e. The molecule has 1 amide bonds. The van der Waals surface area contributed by atoms with Gasteiger partial charge in [-0.25, -0.2) is 8.79 Å². The highest BCUT2D eigenvalue weighted by molar-refractivity contribution is 7.99. The van der Waals surface area contributed by atoms with E-state index < -0.39 is 38.8 Å². The van der Waals surface area contributed by atoms with Crippen LogP contribution in [0.25, 0.3) is 0 Å². The summed E-state index contributed by atoms with van der Waals surface area (Å²) in [6.45, 7) is 3.35. The van der Waals surface area contributed by atoms with E-state index in [2.05, 4.69) is 4.40 Å². The third kappa shape index (κ3) is 4.11. The summed E-state index contributed by atoms with van der Waals surface area (Å²) in [4.78, 5) is 13.8. The molecular weight excluding hydrogens is 543 g/mol. The molecule has 1 saturated heterocycles. The standard InChI is InChI=1S/C24H20Cl2F4N2O3S/c1-2-34-10-20(33)32-11-22(12-32)16-4-3-13(5-14(16)9-35-22)19-8-23(36-31-19,24(28,29)30)15-6-17(25)21(27)18(26)7-15/h3-7H,2,8-12H2,1H3/t23-/m0/s1. The second-order valence-electron chi connectivity index (χ2n) is 8.93. The fraction of sp³-hybridized carbons (Fsp3) is 0.417. The summed E-state index contributed by atoms with van der Waals surface area (Å²) in [6, 6.07) is 7.24. The van der Waals surface area contributed by atoms with Crippen molar-refractivity contribution < 1.29 is 31.8 Å². The van der Waals surface area contributed by atoms with Gasteiger partial charge in [-0.3, -0.25) is 4.79 Å². The molecule has 0 unspecified atom stereocenters. The molecule has 2 aromatic carbocycles. The number of hydrogen-bond donors (Lipinski definition) is 0. The van der Waals surface area contributed by atoms with Gasteiger partial charge in [0.05, 0.1) is 35.5 Å². The first-order valence-electron chi connectivity index (χ1n) is 11.1. The molecule has 2 aromatic rings. The second kappa shape index (κ2) is 9.16. The fourth-order valence-electron chi connectivity index (χ4n) is 4.77. The van der Waals surface area contributed by atoms with Crippen molar-refractivity contribution in [1.29, 1.82) is 0 Å². The van der Waals surface area contributed by atoms with Crippen LogP contribution in [0.15, 0.2) is 34.7 Å². The van der Waals surface area contributed by atoms with Gasteiger partial charge in [0.15, 0.2) is 10.6 Å². The van der Waals surface area contributed by atoms with Crippen molar-refractivity contribution in [3.8, 4) is 0 Å². The Hall–Kier alpha value is -1.85. The second-order valence-corrected chi connectivity index (χ2v) is 10.8. The minimum atomic E-state index is -4.71. The smallest absolute Gasteiger partial charge is 0.372 e. The Bertz CT molecular complexity index is 1240. The van der Waals surface area contributed by atoms with E-state index in [4.69, 9.17) is 32.7 Å². The fourth-order valence-corrected chi connectivity index (χ4v) is 6.22. The molecular formula is C24H20Cl2F4N2O3S. The summed E-state index contributed by atoms with van der Waals surface area (Å²) in [6.07, 6.45) is -5.18. The van der Waals surface area contributed by atoms with E-state index in [1.54, 1.807) is 17.0 Å². The normalized spacial score (nSPS) is 22.5. The first-order chi connectivity index (χ1) is 17.0. The van der Waals surface area contributed by atoms with E-state index in [-0.39, 0.29) is 30.4 Å². The number of carbonyl (C=O) groups excluding carboxylic acids is 1. The first kappa shape index (κ1) is 25.8. The zero-order chi connectivity index (χ0) is 25.9. The van der Waals surface area contributed by atoms with Gasteiger partial charge in [-0.1, -0.05) is 35.3 Å². The summed E-state index contributed by atoms with van der Waals surface area (Å²) in [5.41, 5.74) is 1.67. The van der Waals surface area contributed by atoms with Gasteiger partial charge in [-0.05, 0) is 59.3 Å². The Morgan fingerprint density at radius 3 is 2.56 bits per heavy atom. The van der Waals surface area contributed by atoms with Crippen molar-refractivity contribution in [3.63, 3.8) is 0 Å². The Labute approximate surface area is 218 Å². The topological polar surface area (TPSA) is 51.1 Å². The quantitative estimate of drug-likeness (QED) is 0.253. The van der Waals surface area contributed by atoms with Crippen molar-refractivity contribution >= 4 is 46.8 Å². The van der Waals surface area contributed by atoms with Crippen LogP contribution >= 0.6 is 35.1 Å². The van der Waals surface area contributed by atoms with Crippen molar-refractivity contribution in [2.24, 2.45) is 4.40 Å². The number of halogens is 6. The van der Waals surface area contributed by atoms with Gasteiger partial charge in [0.2, 0.25) is 5.91 Å². The van der Waals surface area contributed by atoms with Crippen LogP contribution < -0.4 is 0 Å². The van der Waals surface area contributed by atoms with E-state index >= 15 is 0 Å². The van der Waals surface area contributed by atoms with Gasteiger partial charge in [-0.2, -0.15) is 13.2 Å². The van der Waals surface area contributed by atoms with Crippen LogP contribution in [0.3, 0.4) is 0 Å². The monoisotopic (exact) mass is 562 g/mol. The average molecular weight is 563 g/mol. The maximum Gasteiger partial charge on any atom is 0.409 e. The van der Waals surface area contributed by atoms with Gasteiger partial charge in [-0.15, -0.1) is 0 Å². The highest BCUT2D eigenvalue weighted by Crippen LogP contribution is 2.57. The van der Waals surface area contributed by atoms with Crippen LogP contribution in [0.4, 0.5) is 17.6 Å². The van der Waals surface area contributed by atoms with Gasteiger partial charge in [0, 0.05) is 13.0 Å². The van der Waals surface area contributed by atoms with Crippen LogP contribution in [-0.2, 0) is 31.2 Å². The number of alkyl halides is 3. The molecule has 0 saturated carbocycles. The molecule has 12 heteroatoms. The number of ether oxygens (including phenoxy) is 2. The molecule has 3 aliphatic heterocycles. The SMILES string of the molecule is CCOCC(=O)N1CC2(C1)OCc1cc(C3=NS[C@@](c4cc(Cl)c(F)c(Cl)c4)(C(F)(F)F)C3)ccc12. The van der Waals surface area contributed by atoms with Crippen LogP contribution in [0.2, 0.25) is 10.0 Å². The number of carbonyl (C=O) groups is 1. The zero-order valence-electron chi connectivity index (χ0n) is 18.9. The summed E-state index contributed by atoms with van der Waals surface area (Å²) in [7, 11) is 0. The average Bonchev–Trinajstić information content (AvgIpc) is 3.42. The molecule has 3 heterocycles. The lowest BCUT2D eigenvalue weighted by Crippen LogP contribution is -2.61. The molecule has 0 radical (unpaired) electrons. The zero-order valence-corrected chi connectivity index (χ0v) is 21.3. The maximum absolute atomic E-state index is 14.4. The largest absolute Gasteiger partial charge is 0.409 e. The number of hydrogen-bond acceptors (Lipinski definition) is 5. The Kier molecular flexibility index (Phi) is 6.56. The molecule has 0 bridgehead atoms. The molecule has 1 fully saturated rings. The van der Waals surface area contributed by atoms with Crippen LogP contribution in [0.5, 0.6) is 0 Å². The number of fused-ring (bicyclic) bond motifs is 2. The highest BCUT2D eigenvalue weighted by atomic mass is 35.5. The lowest BCUT2D eigenvalue weighted by Gasteiger charge is -2.47. The highest BCUT2D eigenvalue weighted by Gasteiger charge is 2.60. The van der Waals surface area contributed by atoms with Gasteiger partial charge < -0.3 is 14.4 Å². The van der Waals surface area contributed by atoms with Crippen molar-refractivity contribution in [2.45, 2.75) is 36.5 Å². The van der Waals surface area contributed by atoms with Crippen molar-refractivity contribution in [3.05, 3.63) is 68.4 Å². The summed E-state index contributed by atoms with van der Waals surface area (Å²) in [5, 5.41) is -0.964. The molecule has 0 N–H and O–H groups in total. The van der Waals surface area contributed by atoms with E-state index in [1.807, 2.05) is 13.0 Å². The van der Waals surface area contributed by atoms with Gasteiger partial charge >= 0.3 is 6.18 Å². The Morgan fingerprint density at radius 2 is 1.92 bits per heavy atom. The summed E-state index contributed by atoms with van der Waals surface area (Å²) < 4.78 is 69.9. The molecule has 0 aliphatic carbocycles. The van der Waals surface area contributed by atoms with Crippen LogP contribution in [0, 0.1) is 5.82 Å². The first-order valence-corrected chi connectivity index (χ1v) is 12.6. The predicted molar refractivity (Wildman–Crippen MR) is 129 cm³/mol. The van der Waals surface area contributed by atoms with Crippen LogP contribution in [0.1, 0.15) is 35.6 Å². The molecule has 1 atom stereocenters. The lowest BCUT2D eigenvalue weighted by atomic mass is 9.83. The lowest BCUT2D eigenvalue weighted by molar-refractivity contribution is -0.172. The van der Waals surface area contributed by atoms with Gasteiger partial charge in [0.1, 0.15) is 12.2 Å². The molecule has 5 rings (SSSR count). The summed E-state index contributed by atoms with van der Waals surface area (Å²) >= 11 is 12.0. The predicted octanol–water partition coefficient (Wildman–Crippen LogP) is 6.04. The number of benzene rings is 2. The maximum atomic E-state index is 14.4. The number of likely N-dealkylation sites (tertiary alicyclic amines) is 1. The molecule has 36 heavy (non-hydrogen) atoms. The molecule has 1 spiro atoms. The molecule has 0 aromatic heterocycles. The third-order valence-electron chi connectivity index (χ3n) is 6.74.